The number of thiol groups is 1. The lowest BCUT2D eigenvalue weighted by atomic mass is 10.0. The Morgan fingerprint density at radius 1 is 1.59 bits per heavy atom. The lowest BCUT2D eigenvalue weighted by Crippen LogP contribution is -2.10. The van der Waals surface area contributed by atoms with Crippen LogP contribution in [0.4, 0.5) is 8.78 Å². The number of aliphatic carboxylic acids is 1. The molecule has 90 valence electrons. The van der Waals surface area contributed by atoms with Gasteiger partial charge in [0.15, 0.2) is 0 Å². The number of nitrogens with zero attached hydrogens (tertiary/aromatic N) is 1. The minimum Gasteiger partial charge on any atom is -0.481 e. The highest BCUT2D eigenvalue weighted by Gasteiger charge is 2.18. The second kappa shape index (κ2) is 5.50. The van der Waals surface area contributed by atoms with Crippen LogP contribution in [0.25, 0.3) is 0 Å². The van der Waals surface area contributed by atoms with E-state index in [0.717, 1.165) is 0 Å². The molecule has 17 heavy (non-hydrogen) atoms. The first-order valence-corrected chi connectivity index (χ1v) is 4.82. The van der Waals surface area contributed by atoms with Crippen molar-refractivity contribution in [2.24, 2.45) is 0 Å². The Labute approximate surface area is 101 Å². The van der Waals surface area contributed by atoms with Crippen LogP contribution < -0.4 is 4.74 Å². The van der Waals surface area contributed by atoms with Crippen LogP contribution in [0.15, 0.2) is 17.0 Å². The summed E-state index contributed by atoms with van der Waals surface area (Å²) < 4.78 is 28.5. The van der Waals surface area contributed by atoms with Gasteiger partial charge in [0, 0.05) is 10.5 Å². The molecule has 1 N–H and O–H groups in total. The normalized spacial score (nSPS) is 10.1. The molecule has 0 unspecified atom stereocenters. The Morgan fingerprint density at radius 3 is 2.71 bits per heavy atom. The fourth-order valence-electron chi connectivity index (χ4n) is 1.27. The maximum atomic E-state index is 12.2. The molecule has 0 aliphatic carbocycles. The summed E-state index contributed by atoms with van der Waals surface area (Å²) in [7, 11) is 0. The predicted molar refractivity (Wildman–Crippen MR) is 56.4 cm³/mol. The SMILES string of the molecule is N#Cc1ccc(S)c(OC(F)F)c1CC(=O)O. The van der Waals surface area contributed by atoms with E-state index in [1.165, 1.54) is 12.1 Å². The number of nitriles is 1. The number of hydrogen-bond donors (Lipinski definition) is 2. The van der Waals surface area contributed by atoms with Gasteiger partial charge in [0.05, 0.1) is 18.1 Å². The van der Waals surface area contributed by atoms with Crippen LogP contribution in [-0.4, -0.2) is 17.7 Å². The zero-order chi connectivity index (χ0) is 13.0. The van der Waals surface area contributed by atoms with Crippen LogP contribution in [-0.2, 0) is 11.2 Å². The van der Waals surface area contributed by atoms with Gasteiger partial charge < -0.3 is 9.84 Å². The van der Waals surface area contributed by atoms with E-state index in [4.69, 9.17) is 10.4 Å². The minimum absolute atomic E-state index is 0.0270. The standard InChI is InChI=1S/C10H7F2NO3S/c11-10(12)16-9-6(3-8(14)15)5(4-13)1-2-7(9)17/h1-2,10,17H,3H2,(H,14,15). The van der Waals surface area contributed by atoms with E-state index < -0.39 is 19.0 Å². The van der Waals surface area contributed by atoms with Crippen molar-refractivity contribution in [1.29, 1.82) is 5.26 Å². The summed E-state index contributed by atoms with van der Waals surface area (Å²) in [6, 6.07) is 4.32. The van der Waals surface area contributed by atoms with Crippen molar-refractivity contribution in [3.05, 3.63) is 23.3 Å². The van der Waals surface area contributed by atoms with E-state index in [2.05, 4.69) is 17.4 Å². The van der Waals surface area contributed by atoms with Crippen LogP contribution in [0.3, 0.4) is 0 Å². The fourth-order valence-corrected chi connectivity index (χ4v) is 1.53. The molecule has 1 aromatic rings. The zero-order valence-electron chi connectivity index (χ0n) is 8.35. The number of halogens is 2. The van der Waals surface area contributed by atoms with E-state index in [-0.39, 0.29) is 21.8 Å². The molecule has 0 radical (unpaired) electrons. The van der Waals surface area contributed by atoms with Gasteiger partial charge in [0.2, 0.25) is 0 Å². The van der Waals surface area contributed by atoms with Gasteiger partial charge >= 0.3 is 12.6 Å². The first-order chi connectivity index (χ1) is 7.95. The molecule has 0 atom stereocenters. The molecule has 0 saturated carbocycles. The summed E-state index contributed by atoms with van der Waals surface area (Å²) in [4.78, 5) is 10.7. The third kappa shape index (κ3) is 3.32. The first-order valence-electron chi connectivity index (χ1n) is 4.37. The minimum atomic E-state index is -3.11. The topological polar surface area (TPSA) is 70.3 Å². The van der Waals surface area contributed by atoms with Gasteiger partial charge in [-0.15, -0.1) is 12.6 Å². The average Bonchev–Trinajstić information content (AvgIpc) is 2.22. The molecule has 1 aromatic carbocycles. The molecule has 0 aromatic heterocycles. The highest BCUT2D eigenvalue weighted by molar-refractivity contribution is 7.80. The maximum Gasteiger partial charge on any atom is 0.387 e. The van der Waals surface area contributed by atoms with Gasteiger partial charge in [0.1, 0.15) is 5.75 Å². The van der Waals surface area contributed by atoms with Crippen LogP contribution in [0, 0.1) is 11.3 Å². The van der Waals surface area contributed by atoms with Gasteiger partial charge in [-0.1, -0.05) is 0 Å². The van der Waals surface area contributed by atoms with E-state index in [1.807, 2.05) is 0 Å². The highest BCUT2D eigenvalue weighted by atomic mass is 32.1. The number of hydrogen-bond acceptors (Lipinski definition) is 4. The Hall–Kier alpha value is -1.81. The van der Waals surface area contributed by atoms with Crippen molar-refractivity contribution in [2.75, 3.05) is 0 Å². The molecule has 0 aliphatic heterocycles. The largest absolute Gasteiger partial charge is 0.481 e. The first kappa shape index (κ1) is 13.3. The highest BCUT2D eigenvalue weighted by Crippen LogP contribution is 2.31. The second-order valence-electron chi connectivity index (χ2n) is 3.00. The van der Waals surface area contributed by atoms with Gasteiger partial charge in [-0.3, -0.25) is 4.79 Å². The lowest BCUT2D eigenvalue weighted by Gasteiger charge is -2.12. The fraction of sp³-hybridized carbons (Fsp3) is 0.200. The second-order valence-corrected chi connectivity index (χ2v) is 3.48. The number of ether oxygens (including phenoxy) is 1. The van der Waals surface area contributed by atoms with Crippen LogP contribution in [0.2, 0.25) is 0 Å². The maximum absolute atomic E-state index is 12.2. The van der Waals surface area contributed by atoms with E-state index in [9.17, 15) is 13.6 Å². The summed E-state index contributed by atoms with van der Waals surface area (Å²) in [5, 5.41) is 17.4. The van der Waals surface area contributed by atoms with Crippen LogP contribution in [0.5, 0.6) is 5.75 Å². The molecule has 7 heteroatoms. The van der Waals surface area contributed by atoms with Crippen molar-refractivity contribution < 1.29 is 23.4 Å². The van der Waals surface area contributed by atoms with Gasteiger partial charge in [0.25, 0.3) is 0 Å². The van der Waals surface area contributed by atoms with Gasteiger partial charge in [-0.25, -0.2) is 0 Å². The molecule has 0 spiro atoms. The van der Waals surface area contributed by atoms with Crippen LogP contribution >= 0.6 is 12.6 Å². The zero-order valence-corrected chi connectivity index (χ0v) is 9.25. The molecule has 0 heterocycles. The summed E-state index contributed by atoms with van der Waals surface area (Å²) in [6.45, 7) is -3.11. The van der Waals surface area contributed by atoms with Crippen LogP contribution in [0.1, 0.15) is 11.1 Å². The molecule has 0 saturated heterocycles. The molecule has 1 rings (SSSR count). The Bertz CT molecular complexity index is 485. The number of benzene rings is 1. The molecule has 0 amide bonds. The number of carbonyl (C=O) groups is 1. The van der Waals surface area contributed by atoms with E-state index in [1.54, 1.807) is 6.07 Å². The van der Waals surface area contributed by atoms with Crippen molar-refractivity contribution in [3.8, 4) is 11.8 Å². The van der Waals surface area contributed by atoms with E-state index in [0.29, 0.717) is 0 Å². The molecule has 4 nitrogen and oxygen atoms in total. The Kier molecular flexibility index (Phi) is 4.29. The number of rotatable bonds is 4. The quantitative estimate of drug-likeness (QED) is 0.812. The van der Waals surface area contributed by atoms with Crippen molar-refractivity contribution in [3.63, 3.8) is 0 Å². The molecular weight excluding hydrogens is 252 g/mol. The smallest absolute Gasteiger partial charge is 0.387 e. The average molecular weight is 259 g/mol. The van der Waals surface area contributed by atoms with Gasteiger partial charge in [-0.2, -0.15) is 14.0 Å². The lowest BCUT2D eigenvalue weighted by molar-refractivity contribution is -0.136. The number of carboxylic acids is 1. The summed E-state index contributed by atoms with van der Waals surface area (Å²) in [5.74, 6) is -1.62. The molecule has 0 aliphatic rings. The van der Waals surface area contributed by atoms with Crippen molar-refractivity contribution in [1.82, 2.24) is 0 Å². The monoisotopic (exact) mass is 259 g/mol. The van der Waals surface area contributed by atoms with Gasteiger partial charge in [-0.05, 0) is 12.1 Å². The summed E-state index contributed by atoms with van der Waals surface area (Å²) >= 11 is 3.89. The summed E-state index contributed by atoms with van der Waals surface area (Å²) in [6.07, 6.45) is -0.584. The third-order valence-electron chi connectivity index (χ3n) is 1.90. The third-order valence-corrected chi connectivity index (χ3v) is 2.25. The van der Waals surface area contributed by atoms with Crippen molar-refractivity contribution in [2.45, 2.75) is 17.9 Å². The van der Waals surface area contributed by atoms with Crippen molar-refractivity contribution >= 4 is 18.6 Å². The molecule has 0 fully saturated rings. The predicted octanol–water partition coefficient (Wildman–Crippen LogP) is 2.08. The molecular formula is C10H7F2NO3S. The number of carboxylic acid groups (broad SMARTS) is 1. The van der Waals surface area contributed by atoms with E-state index >= 15 is 0 Å². The Morgan fingerprint density at radius 2 is 2.24 bits per heavy atom. The number of alkyl halides is 2. The summed E-state index contributed by atoms with van der Waals surface area (Å²) in [5.41, 5.74) is -0.131. The molecule has 0 bridgehead atoms. The Balaban J connectivity index is 3.32.